The van der Waals surface area contributed by atoms with Crippen LogP contribution in [0.1, 0.15) is 17.3 Å². The molecule has 0 fully saturated rings. The highest BCUT2D eigenvalue weighted by Crippen LogP contribution is 2.17. The molecule has 0 unspecified atom stereocenters. The van der Waals surface area contributed by atoms with Crippen LogP contribution in [-0.4, -0.2) is 31.7 Å². The fraction of sp³-hybridized carbons (Fsp3) is 0.0435. The third-order valence-corrected chi connectivity index (χ3v) is 5.45. The van der Waals surface area contributed by atoms with Crippen LogP contribution >= 0.6 is 0 Å². The standard InChI is InChI=1S/C23H22N6O5S/c1-14(30)21(23(32)27-17-7-3-6-16(24)12-17)29-28-19-9-2-5-15(11-19)22(31)26-18-8-4-10-20(13-18)35(25,33)34/h2-13,28H,24H2,1H3,(H,26,31)(H,27,32)(H2,25,33,34)/b29-21-. The topological polar surface area (TPSA) is 186 Å². The first-order valence-corrected chi connectivity index (χ1v) is 11.6. The number of rotatable bonds is 8. The second kappa shape index (κ2) is 10.6. The lowest BCUT2D eigenvalue weighted by atomic mass is 10.2. The van der Waals surface area contributed by atoms with Crippen molar-refractivity contribution in [1.82, 2.24) is 0 Å². The SMILES string of the molecule is CC(=O)/C(=N/Nc1cccc(C(=O)Nc2cccc(S(N)(=O)=O)c2)c1)C(=O)Nc1cccc(N)c1. The summed E-state index contributed by atoms with van der Waals surface area (Å²) in [5, 5.41) is 14.1. The van der Waals surface area contributed by atoms with Crippen LogP contribution in [-0.2, 0) is 19.6 Å². The molecule has 0 heterocycles. The third kappa shape index (κ3) is 6.96. The monoisotopic (exact) mass is 494 g/mol. The van der Waals surface area contributed by atoms with Crippen molar-refractivity contribution in [2.45, 2.75) is 11.8 Å². The largest absolute Gasteiger partial charge is 0.399 e. The minimum Gasteiger partial charge on any atom is -0.399 e. The van der Waals surface area contributed by atoms with Crippen molar-refractivity contribution in [3.05, 3.63) is 78.4 Å². The molecule has 0 aliphatic carbocycles. The fourth-order valence-corrected chi connectivity index (χ4v) is 3.46. The molecular weight excluding hydrogens is 472 g/mol. The van der Waals surface area contributed by atoms with Crippen molar-refractivity contribution >= 4 is 56.1 Å². The Morgan fingerprint density at radius 3 is 2.11 bits per heavy atom. The Morgan fingerprint density at radius 1 is 0.829 bits per heavy atom. The lowest BCUT2D eigenvalue weighted by molar-refractivity contribution is -0.114. The number of anilines is 4. The number of sulfonamides is 1. The van der Waals surface area contributed by atoms with Gasteiger partial charge in [0.1, 0.15) is 0 Å². The summed E-state index contributed by atoms with van der Waals surface area (Å²) in [4.78, 5) is 37.0. The van der Waals surface area contributed by atoms with Crippen LogP contribution in [0, 0.1) is 0 Å². The zero-order chi connectivity index (χ0) is 25.6. The first-order valence-electron chi connectivity index (χ1n) is 10.1. The number of amides is 2. The number of primary sulfonamides is 1. The zero-order valence-electron chi connectivity index (χ0n) is 18.5. The van der Waals surface area contributed by atoms with Gasteiger partial charge in [0, 0.05) is 29.5 Å². The van der Waals surface area contributed by atoms with Crippen molar-refractivity contribution in [1.29, 1.82) is 0 Å². The molecule has 2 amide bonds. The Morgan fingerprint density at radius 2 is 1.46 bits per heavy atom. The van der Waals surface area contributed by atoms with Crippen LogP contribution in [0.4, 0.5) is 22.7 Å². The molecule has 180 valence electrons. The van der Waals surface area contributed by atoms with E-state index in [1.807, 2.05) is 0 Å². The first-order chi connectivity index (χ1) is 16.5. The van der Waals surface area contributed by atoms with Crippen LogP contribution in [0.5, 0.6) is 0 Å². The summed E-state index contributed by atoms with van der Waals surface area (Å²) >= 11 is 0. The number of nitrogens with one attached hydrogen (secondary N) is 3. The van der Waals surface area contributed by atoms with E-state index in [4.69, 9.17) is 10.9 Å². The molecular formula is C23H22N6O5S. The first kappa shape index (κ1) is 25.1. The molecule has 7 N–H and O–H groups in total. The summed E-state index contributed by atoms with van der Waals surface area (Å²) in [5.74, 6) is -1.85. The van der Waals surface area contributed by atoms with E-state index in [9.17, 15) is 22.8 Å². The molecule has 3 rings (SSSR count). The minimum absolute atomic E-state index is 0.145. The summed E-state index contributed by atoms with van der Waals surface area (Å²) in [6, 6.07) is 18.0. The molecule has 0 aliphatic heterocycles. The van der Waals surface area contributed by atoms with Gasteiger partial charge in [-0.15, -0.1) is 0 Å². The smallest absolute Gasteiger partial charge is 0.279 e. The van der Waals surface area contributed by atoms with Gasteiger partial charge in [-0.05, 0) is 54.6 Å². The minimum atomic E-state index is -3.93. The molecule has 0 bridgehead atoms. The van der Waals surface area contributed by atoms with Gasteiger partial charge in [-0.2, -0.15) is 5.10 Å². The van der Waals surface area contributed by atoms with Crippen molar-refractivity contribution in [2.24, 2.45) is 10.2 Å². The van der Waals surface area contributed by atoms with Crippen LogP contribution in [0.15, 0.2) is 82.8 Å². The van der Waals surface area contributed by atoms with Crippen molar-refractivity contribution in [3.63, 3.8) is 0 Å². The van der Waals surface area contributed by atoms with E-state index in [1.165, 1.54) is 49.4 Å². The summed E-state index contributed by atoms with van der Waals surface area (Å²) < 4.78 is 23.0. The Bertz CT molecular complexity index is 1440. The molecule has 0 spiro atoms. The van der Waals surface area contributed by atoms with Crippen LogP contribution in [0.25, 0.3) is 0 Å². The van der Waals surface area contributed by atoms with E-state index in [0.29, 0.717) is 17.1 Å². The molecule has 0 saturated heterocycles. The van der Waals surface area contributed by atoms with E-state index >= 15 is 0 Å². The second-order valence-corrected chi connectivity index (χ2v) is 8.88. The van der Waals surface area contributed by atoms with Crippen LogP contribution < -0.4 is 26.9 Å². The normalized spacial score (nSPS) is 11.4. The molecule has 3 aromatic carbocycles. The number of nitrogens with two attached hydrogens (primary N) is 2. The second-order valence-electron chi connectivity index (χ2n) is 7.32. The molecule has 11 nitrogen and oxygen atoms in total. The van der Waals surface area contributed by atoms with Gasteiger partial charge in [0.25, 0.3) is 11.8 Å². The predicted molar refractivity (Wildman–Crippen MR) is 133 cm³/mol. The number of ketones is 1. The molecule has 0 aliphatic rings. The zero-order valence-corrected chi connectivity index (χ0v) is 19.3. The van der Waals surface area contributed by atoms with Crippen molar-refractivity contribution in [3.8, 4) is 0 Å². The fourth-order valence-electron chi connectivity index (χ4n) is 2.90. The summed E-state index contributed by atoms with van der Waals surface area (Å²) in [7, 11) is -3.93. The van der Waals surface area contributed by atoms with Gasteiger partial charge in [-0.25, -0.2) is 13.6 Å². The van der Waals surface area contributed by atoms with Crippen LogP contribution in [0.3, 0.4) is 0 Å². The quantitative estimate of drug-likeness (QED) is 0.137. The third-order valence-electron chi connectivity index (χ3n) is 4.54. The maximum Gasteiger partial charge on any atom is 0.279 e. The Hall–Kier alpha value is -4.55. The lowest BCUT2D eigenvalue weighted by Crippen LogP contribution is -2.29. The van der Waals surface area contributed by atoms with Crippen molar-refractivity contribution in [2.75, 3.05) is 21.8 Å². The van der Waals surface area contributed by atoms with E-state index < -0.39 is 27.6 Å². The summed E-state index contributed by atoms with van der Waals surface area (Å²) in [6.45, 7) is 1.19. The Kier molecular flexibility index (Phi) is 7.59. The molecule has 0 aromatic heterocycles. The maximum atomic E-state index is 12.6. The number of carbonyl (C=O) groups is 3. The average Bonchev–Trinajstić information content (AvgIpc) is 2.79. The van der Waals surface area contributed by atoms with Gasteiger partial charge in [0.15, 0.2) is 11.5 Å². The summed E-state index contributed by atoms with van der Waals surface area (Å²) in [5.41, 5.74) is 9.50. The van der Waals surface area contributed by atoms with E-state index in [0.717, 1.165) is 0 Å². The Balaban J connectivity index is 1.74. The predicted octanol–water partition coefficient (Wildman–Crippen LogP) is 2.16. The number of hydrogen-bond donors (Lipinski definition) is 5. The van der Waals surface area contributed by atoms with E-state index in [1.54, 1.807) is 30.3 Å². The highest BCUT2D eigenvalue weighted by molar-refractivity contribution is 7.89. The molecule has 35 heavy (non-hydrogen) atoms. The van der Waals surface area contributed by atoms with Gasteiger partial charge in [0.2, 0.25) is 10.0 Å². The highest BCUT2D eigenvalue weighted by atomic mass is 32.2. The Labute approximate surface area is 201 Å². The number of nitrogens with zero attached hydrogens (tertiary/aromatic N) is 1. The van der Waals surface area contributed by atoms with Crippen LogP contribution in [0.2, 0.25) is 0 Å². The van der Waals surface area contributed by atoms with E-state index in [2.05, 4.69) is 21.2 Å². The number of carbonyl (C=O) groups excluding carboxylic acids is 3. The summed E-state index contributed by atoms with van der Waals surface area (Å²) in [6.07, 6.45) is 0. The lowest BCUT2D eigenvalue weighted by Gasteiger charge is -2.09. The molecule has 3 aromatic rings. The van der Waals surface area contributed by atoms with Gasteiger partial charge in [-0.1, -0.05) is 18.2 Å². The molecule has 0 radical (unpaired) electrons. The number of benzene rings is 3. The molecule has 0 atom stereocenters. The number of hydrogen-bond acceptors (Lipinski definition) is 8. The molecule has 0 saturated carbocycles. The number of nitrogen functional groups attached to an aromatic ring is 1. The molecule has 12 heteroatoms. The highest BCUT2D eigenvalue weighted by Gasteiger charge is 2.17. The van der Waals surface area contributed by atoms with Gasteiger partial charge >= 0.3 is 0 Å². The number of hydrazone groups is 1. The van der Waals surface area contributed by atoms with Gasteiger partial charge in [0.05, 0.1) is 10.6 Å². The van der Waals surface area contributed by atoms with E-state index in [-0.39, 0.29) is 21.9 Å². The number of Topliss-reactive ketones (excluding diaryl/α,β-unsaturated/α-hetero) is 1. The van der Waals surface area contributed by atoms with Gasteiger partial charge < -0.3 is 16.4 Å². The van der Waals surface area contributed by atoms with Crippen molar-refractivity contribution < 1.29 is 22.8 Å². The van der Waals surface area contributed by atoms with Gasteiger partial charge in [-0.3, -0.25) is 19.8 Å². The average molecular weight is 495 g/mol. The maximum absolute atomic E-state index is 12.6.